The average molecular weight is 657 g/mol. The number of benzene rings is 4. The van der Waals surface area contributed by atoms with E-state index in [9.17, 15) is 22.8 Å². The van der Waals surface area contributed by atoms with Gasteiger partial charge in [0.1, 0.15) is 23.9 Å². The standard InChI is InChI=1S/C31H28F3N4O7P/c32-31(33,34)28(39)43-30(40)38(20-21-42-24-10-4-1-5-11-24)27(22-16-18-23(19-17-22)37-29(35)36)46(41,44-25-12-6-2-7-13-25)45-26-14-8-3-9-15-26/h1-19,27H,20-21H2,(H4,35,36,37). The van der Waals surface area contributed by atoms with Gasteiger partial charge in [-0.25, -0.2) is 19.1 Å². The SMILES string of the molecule is NC(N)=Nc1ccc(C(N(CCOc2ccccc2)C(=O)OC(=O)C(F)(F)F)P(=O)(Oc2ccccc2)Oc2ccccc2)cc1. The molecule has 0 fully saturated rings. The highest BCUT2D eigenvalue weighted by Gasteiger charge is 2.49. The fraction of sp³-hybridized carbons (Fsp3) is 0.129. The summed E-state index contributed by atoms with van der Waals surface area (Å²) < 4.78 is 76.6. The number of nitrogens with zero attached hydrogens (tertiary/aromatic N) is 2. The lowest BCUT2D eigenvalue weighted by molar-refractivity contribution is -0.193. The van der Waals surface area contributed by atoms with Crippen molar-refractivity contribution in [2.45, 2.75) is 12.0 Å². The van der Waals surface area contributed by atoms with Crippen LogP contribution in [0.15, 0.2) is 120 Å². The van der Waals surface area contributed by atoms with Gasteiger partial charge in [-0.1, -0.05) is 66.7 Å². The zero-order chi connectivity index (χ0) is 33.2. The van der Waals surface area contributed by atoms with E-state index in [0.29, 0.717) is 10.6 Å². The molecule has 0 heterocycles. The third-order valence-corrected chi connectivity index (χ3v) is 8.09. The Balaban J connectivity index is 1.86. The van der Waals surface area contributed by atoms with Gasteiger partial charge in [0, 0.05) is 0 Å². The number of halogens is 3. The van der Waals surface area contributed by atoms with Crippen molar-refractivity contribution in [3.8, 4) is 17.2 Å². The van der Waals surface area contributed by atoms with Crippen LogP contribution in [0, 0.1) is 0 Å². The molecule has 240 valence electrons. The summed E-state index contributed by atoms with van der Waals surface area (Å²) >= 11 is 0. The van der Waals surface area contributed by atoms with Gasteiger partial charge in [-0.15, -0.1) is 0 Å². The Bertz CT molecular complexity index is 1630. The van der Waals surface area contributed by atoms with Crippen LogP contribution >= 0.6 is 7.60 Å². The van der Waals surface area contributed by atoms with E-state index in [2.05, 4.69) is 9.73 Å². The molecule has 11 nitrogen and oxygen atoms in total. The summed E-state index contributed by atoms with van der Waals surface area (Å²) in [6, 6.07) is 29.4. The normalized spacial score (nSPS) is 11.9. The van der Waals surface area contributed by atoms with Crippen LogP contribution in [0.5, 0.6) is 17.2 Å². The number of hydrogen-bond donors (Lipinski definition) is 2. The van der Waals surface area contributed by atoms with E-state index in [1.807, 2.05) is 0 Å². The van der Waals surface area contributed by atoms with Crippen LogP contribution in [-0.2, 0) is 14.1 Å². The first-order valence-electron chi connectivity index (χ1n) is 13.5. The highest BCUT2D eigenvalue weighted by atomic mass is 31.2. The first-order valence-corrected chi connectivity index (χ1v) is 15.1. The smallest absolute Gasteiger partial charge is 0.491 e. The van der Waals surface area contributed by atoms with Crippen LogP contribution in [0.3, 0.4) is 0 Å². The minimum absolute atomic E-state index is 0.0425. The first kappa shape index (κ1) is 33.4. The van der Waals surface area contributed by atoms with Gasteiger partial charge in [0.2, 0.25) is 0 Å². The lowest BCUT2D eigenvalue weighted by atomic mass is 10.2. The van der Waals surface area contributed by atoms with E-state index in [0.717, 1.165) is 0 Å². The quantitative estimate of drug-likeness (QED) is 0.0568. The van der Waals surface area contributed by atoms with Gasteiger partial charge in [-0.05, 0) is 54.1 Å². The van der Waals surface area contributed by atoms with Crippen molar-refractivity contribution in [1.29, 1.82) is 0 Å². The second kappa shape index (κ2) is 15.0. The number of guanidine groups is 1. The Morgan fingerprint density at radius 3 is 1.70 bits per heavy atom. The van der Waals surface area contributed by atoms with Crippen molar-refractivity contribution >= 4 is 31.3 Å². The molecule has 1 amide bonds. The molecule has 4 N–H and O–H groups in total. The lowest BCUT2D eigenvalue weighted by Crippen LogP contribution is -2.42. The Labute approximate surface area is 261 Å². The van der Waals surface area contributed by atoms with Gasteiger partial charge in [0.15, 0.2) is 11.7 Å². The van der Waals surface area contributed by atoms with E-state index in [1.165, 1.54) is 48.5 Å². The number of carbonyl (C=O) groups excluding carboxylic acids is 2. The predicted molar refractivity (Wildman–Crippen MR) is 163 cm³/mol. The lowest BCUT2D eigenvalue weighted by Gasteiger charge is -2.35. The maximum atomic E-state index is 15.1. The summed E-state index contributed by atoms with van der Waals surface area (Å²) in [6.45, 7) is -0.877. The number of nitrogens with two attached hydrogens (primary N) is 2. The Kier molecular flexibility index (Phi) is 10.9. The van der Waals surface area contributed by atoms with Crippen LogP contribution in [0.2, 0.25) is 0 Å². The summed E-state index contributed by atoms with van der Waals surface area (Å²) in [5.74, 6) is -4.40. The second-order valence-electron chi connectivity index (χ2n) is 9.36. The monoisotopic (exact) mass is 656 g/mol. The molecule has 0 saturated carbocycles. The number of esters is 1. The molecule has 46 heavy (non-hydrogen) atoms. The largest absolute Gasteiger partial charge is 0.492 e. The summed E-state index contributed by atoms with van der Waals surface area (Å²) in [5, 5.41) is 0. The molecule has 0 saturated heterocycles. The van der Waals surface area contributed by atoms with Crippen molar-refractivity contribution in [3.63, 3.8) is 0 Å². The van der Waals surface area contributed by atoms with Crippen LogP contribution in [0.4, 0.5) is 23.7 Å². The van der Waals surface area contributed by atoms with Crippen molar-refractivity contribution in [1.82, 2.24) is 4.90 Å². The fourth-order valence-electron chi connectivity index (χ4n) is 4.07. The molecule has 4 aromatic rings. The second-order valence-corrected chi connectivity index (χ2v) is 11.3. The Hall–Kier alpha value is -5.49. The van der Waals surface area contributed by atoms with Gasteiger partial charge < -0.3 is 30.0 Å². The zero-order valence-corrected chi connectivity index (χ0v) is 24.8. The molecule has 0 spiro atoms. The number of ether oxygens (including phenoxy) is 2. The van der Waals surface area contributed by atoms with E-state index in [4.69, 9.17) is 25.3 Å². The first-order chi connectivity index (χ1) is 21.9. The van der Waals surface area contributed by atoms with Gasteiger partial charge in [-0.3, -0.25) is 4.90 Å². The number of para-hydroxylation sites is 3. The third kappa shape index (κ3) is 9.26. The van der Waals surface area contributed by atoms with Crippen molar-refractivity contribution < 1.29 is 45.8 Å². The van der Waals surface area contributed by atoms with Gasteiger partial charge in [0.05, 0.1) is 12.2 Å². The molecule has 1 unspecified atom stereocenters. The van der Waals surface area contributed by atoms with Gasteiger partial charge in [0.25, 0.3) is 0 Å². The minimum Gasteiger partial charge on any atom is -0.492 e. The maximum Gasteiger partial charge on any atom is 0.491 e. The van der Waals surface area contributed by atoms with E-state index in [-0.39, 0.29) is 35.3 Å². The third-order valence-electron chi connectivity index (χ3n) is 5.99. The number of rotatable bonds is 12. The van der Waals surface area contributed by atoms with E-state index in [1.54, 1.807) is 66.7 Å². The molecule has 1 atom stereocenters. The molecular weight excluding hydrogens is 628 g/mol. The summed E-state index contributed by atoms with van der Waals surface area (Å²) in [7, 11) is -4.75. The molecule has 0 aliphatic rings. The molecule has 15 heteroatoms. The Morgan fingerprint density at radius 2 is 1.24 bits per heavy atom. The number of carbonyl (C=O) groups is 2. The summed E-state index contributed by atoms with van der Waals surface area (Å²) in [6.07, 6.45) is -7.30. The molecule has 0 aliphatic carbocycles. The number of alkyl halides is 3. The van der Waals surface area contributed by atoms with E-state index >= 15 is 4.57 Å². The van der Waals surface area contributed by atoms with Crippen LogP contribution in [-0.4, -0.2) is 42.2 Å². The summed E-state index contributed by atoms with van der Waals surface area (Å²) in [4.78, 5) is 29.8. The molecule has 0 bridgehead atoms. The van der Waals surface area contributed by atoms with Crippen molar-refractivity contribution in [3.05, 3.63) is 121 Å². The molecule has 0 radical (unpaired) electrons. The van der Waals surface area contributed by atoms with E-state index < -0.39 is 38.2 Å². The van der Waals surface area contributed by atoms with Gasteiger partial charge >= 0.3 is 25.8 Å². The molecule has 0 aliphatic heterocycles. The minimum atomic E-state index is -5.51. The van der Waals surface area contributed by atoms with Crippen molar-refractivity contribution in [2.75, 3.05) is 13.2 Å². The zero-order valence-electron chi connectivity index (χ0n) is 23.9. The van der Waals surface area contributed by atoms with Crippen molar-refractivity contribution in [2.24, 2.45) is 16.5 Å². The number of amides is 1. The van der Waals surface area contributed by atoms with Gasteiger partial charge in [-0.2, -0.15) is 13.2 Å². The molecular formula is C31H28F3N4O7P. The number of aliphatic imine (C=N–C) groups is 1. The van der Waals surface area contributed by atoms with Crippen LogP contribution in [0.25, 0.3) is 0 Å². The highest BCUT2D eigenvalue weighted by molar-refractivity contribution is 7.55. The molecule has 4 aromatic carbocycles. The van der Waals surface area contributed by atoms with Crippen LogP contribution < -0.4 is 25.3 Å². The topological polar surface area (TPSA) is 156 Å². The Morgan fingerprint density at radius 1 is 0.761 bits per heavy atom. The number of hydrogen-bond acceptors (Lipinski definition) is 8. The fourth-order valence-corrected chi connectivity index (χ4v) is 6.22. The summed E-state index contributed by atoms with van der Waals surface area (Å²) in [5.41, 5.74) is 11.2. The maximum absolute atomic E-state index is 15.1. The molecule has 4 rings (SSSR count). The highest BCUT2D eigenvalue weighted by Crippen LogP contribution is 2.61. The average Bonchev–Trinajstić information content (AvgIpc) is 3.02. The molecule has 0 aromatic heterocycles. The van der Waals surface area contributed by atoms with Crippen LogP contribution in [0.1, 0.15) is 11.3 Å². The predicted octanol–water partition coefficient (Wildman–Crippen LogP) is 6.55.